The second kappa shape index (κ2) is 7.82. The smallest absolute Gasteiger partial charge is 0.157 e. The molecule has 1 saturated heterocycles. The minimum absolute atomic E-state index is 0.000489. The summed E-state index contributed by atoms with van der Waals surface area (Å²) in [6.45, 7) is 7.24. The van der Waals surface area contributed by atoms with Crippen molar-refractivity contribution in [2.45, 2.75) is 51.4 Å². The summed E-state index contributed by atoms with van der Waals surface area (Å²) in [5, 5.41) is 9.34. The van der Waals surface area contributed by atoms with Gasteiger partial charge < -0.3 is 14.6 Å². The zero-order chi connectivity index (χ0) is 11.8. The van der Waals surface area contributed by atoms with Crippen LogP contribution < -0.4 is 0 Å². The largest absolute Gasteiger partial charge is 0.389 e. The van der Waals surface area contributed by atoms with Crippen molar-refractivity contribution in [3.8, 4) is 0 Å². The highest BCUT2D eigenvalue weighted by atomic mass is 16.7. The van der Waals surface area contributed by atoms with Gasteiger partial charge in [-0.05, 0) is 38.0 Å². The van der Waals surface area contributed by atoms with Gasteiger partial charge in [0, 0.05) is 6.61 Å². The Hall–Kier alpha value is -0.380. The van der Waals surface area contributed by atoms with E-state index in [9.17, 15) is 5.11 Å². The van der Waals surface area contributed by atoms with E-state index in [2.05, 4.69) is 13.5 Å². The zero-order valence-corrected chi connectivity index (χ0v) is 10.2. The average molecular weight is 228 g/mol. The molecular formula is C13H24O3. The maximum atomic E-state index is 9.34. The number of hydrogen-bond donors (Lipinski definition) is 1. The highest BCUT2D eigenvalue weighted by Crippen LogP contribution is 2.16. The summed E-state index contributed by atoms with van der Waals surface area (Å²) in [5.74, 6) is 0.458. The third-order valence-electron chi connectivity index (χ3n) is 2.93. The van der Waals surface area contributed by atoms with Crippen molar-refractivity contribution in [2.24, 2.45) is 5.92 Å². The zero-order valence-electron chi connectivity index (χ0n) is 10.2. The molecule has 1 rings (SSSR count). The molecule has 0 aromatic carbocycles. The van der Waals surface area contributed by atoms with Crippen LogP contribution in [-0.4, -0.2) is 30.7 Å². The second-order valence-corrected chi connectivity index (χ2v) is 4.62. The summed E-state index contributed by atoms with van der Waals surface area (Å²) in [7, 11) is 0. The van der Waals surface area contributed by atoms with Crippen LogP contribution in [0.5, 0.6) is 0 Å². The van der Waals surface area contributed by atoms with E-state index in [1.807, 2.05) is 0 Å². The third kappa shape index (κ3) is 5.64. The molecule has 0 amide bonds. The van der Waals surface area contributed by atoms with Crippen molar-refractivity contribution in [2.75, 3.05) is 13.2 Å². The number of rotatable bonds is 7. The molecule has 0 aromatic heterocycles. The van der Waals surface area contributed by atoms with Crippen LogP contribution in [0.2, 0.25) is 0 Å². The molecule has 1 N–H and O–H groups in total. The van der Waals surface area contributed by atoms with Crippen LogP contribution >= 0.6 is 0 Å². The molecule has 3 nitrogen and oxygen atoms in total. The van der Waals surface area contributed by atoms with E-state index in [1.165, 1.54) is 6.42 Å². The van der Waals surface area contributed by atoms with Crippen LogP contribution in [0.1, 0.15) is 39.0 Å². The van der Waals surface area contributed by atoms with Crippen LogP contribution in [0.25, 0.3) is 0 Å². The molecule has 94 valence electrons. The molecule has 1 aliphatic rings. The summed E-state index contributed by atoms with van der Waals surface area (Å²) in [6, 6.07) is 0. The van der Waals surface area contributed by atoms with E-state index in [4.69, 9.17) is 9.47 Å². The van der Waals surface area contributed by atoms with Gasteiger partial charge in [0.1, 0.15) is 0 Å². The lowest BCUT2D eigenvalue weighted by Crippen LogP contribution is -2.24. The van der Waals surface area contributed by atoms with Gasteiger partial charge in [0.25, 0.3) is 0 Å². The lowest BCUT2D eigenvalue weighted by atomic mass is 10.0. The van der Waals surface area contributed by atoms with Crippen molar-refractivity contribution in [1.82, 2.24) is 0 Å². The van der Waals surface area contributed by atoms with E-state index < -0.39 is 0 Å². The number of aliphatic hydroxyl groups is 1. The van der Waals surface area contributed by atoms with E-state index in [0.29, 0.717) is 12.5 Å². The van der Waals surface area contributed by atoms with Crippen LogP contribution in [0, 0.1) is 5.92 Å². The van der Waals surface area contributed by atoms with Gasteiger partial charge in [0.05, 0.1) is 12.7 Å². The van der Waals surface area contributed by atoms with Gasteiger partial charge in [-0.15, -0.1) is 6.58 Å². The minimum atomic E-state index is -0.381. The SMILES string of the molecule is C=CC(O)CCC(C)COC1CCCCO1. The highest BCUT2D eigenvalue weighted by molar-refractivity contribution is 4.78. The quantitative estimate of drug-likeness (QED) is 0.680. The predicted molar refractivity (Wildman–Crippen MR) is 64.1 cm³/mol. The fourth-order valence-corrected chi connectivity index (χ4v) is 1.77. The van der Waals surface area contributed by atoms with E-state index in [0.717, 1.165) is 32.3 Å². The van der Waals surface area contributed by atoms with E-state index in [1.54, 1.807) is 6.08 Å². The van der Waals surface area contributed by atoms with Gasteiger partial charge in [-0.3, -0.25) is 0 Å². The Bertz CT molecular complexity index is 188. The van der Waals surface area contributed by atoms with Gasteiger partial charge in [-0.25, -0.2) is 0 Å². The molecule has 0 bridgehead atoms. The van der Waals surface area contributed by atoms with Gasteiger partial charge in [0.15, 0.2) is 6.29 Å². The summed E-state index contributed by atoms with van der Waals surface area (Å²) >= 11 is 0. The summed E-state index contributed by atoms with van der Waals surface area (Å²) in [6.07, 6.45) is 6.29. The Morgan fingerprint density at radius 3 is 2.94 bits per heavy atom. The van der Waals surface area contributed by atoms with Gasteiger partial charge in [0.2, 0.25) is 0 Å². The van der Waals surface area contributed by atoms with Gasteiger partial charge >= 0.3 is 0 Å². The molecule has 0 aromatic rings. The Morgan fingerprint density at radius 1 is 1.50 bits per heavy atom. The Labute approximate surface area is 98.4 Å². The van der Waals surface area contributed by atoms with Crippen LogP contribution in [0.3, 0.4) is 0 Å². The maximum Gasteiger partial charge on any atom is 0.157 e. The third-order valence-corrected chi connectivity index (χ3v) is 2.93. The second-order valence-electron chi connectivity index (χ2n) is 4.62. The van der Waals surface area contributed by atoms with Crippen LogP contribution in [0.15, 0.2) is 12.7 Å². The van der Waals surface area contributed by atoms with Crippen molar-refractivity contribution in [3.05, 3.63) is 12.7 Å². The number of ether oxygens (including phenoxy) is 2. The van der Waals surface area contributed by atoms with E-state index in [-0.39, 0.29) is 12.4 Å². The van der Waals surface area contributed by atoms with Crippen molar-refractivity contribution in [3.63, 3.8) is 0 Å². The predicted octanol–water partition coefficient (Wildman–Crippen LogP) is 2.49. The topological polar surface area (TPSA) is 38.7 Å². The van der Waals surface area contributed by atoms with E-state index >= 15 is 0 Å². The highest BCUT2D eigenvalue weighted by Gasteiger charge is 2.15. The first kappa shape index (κ1) is 13.7. The molecule has 1 aliphatic heterocycles. The number of hydrogen-bond acceptors (Lipinski definition) is 3. The normalized spacial score (nSPS) is 25.0. The van der Waals surface area contributed by atoms with Crippen LogP contribution in [0.4, 0.5) is 0 Å². The fraction of sp³-hybridized carbons (Fsp3) is 0.846. The molecular weight excluding hydrogens is 204 g/mol. The fourth-order valence-electron chi connectivity index (χ4n) is 1.77. The molecule has 0 aliphatic carbocycles. The van der Waals surface area contributed by atoms with Gasteiger partial charge in [-0.1, -0.05) is 13.0 Å². The first-order valence-corrected chi connectivity index (χ1v) is 6.26. The Kier molecular flexibility index (Phi) is 6.69. The molecule has 16 heavy (non-hydrogen) atoms. The standard InChI is InChI=1S/C13H24O3/c1-3-12(14)8-7-11(2)10-16-13-6-4-5-9-15-13/h3,11-14H,1,4-10H2,2H3. The lowest BCUT2D eigenvalue weighted by Gasteiger charge is -2.24. The van der Waals surface area contributed by atoms with Crippen LogP contribution in [-0.2, 0) is 9.47 Å². The molecule has 3 unspecified atom stereocenters. The molecule has 1 fully saturated rings. The average Bonchev–Trinajstić information content (AvgIpc) is 2.34. The summed E-state index contributed by atoms with van der Waals surface area (Å²) in [5.41, 5.74) is 0. The lowest BCUT2D eigenvalue weighted by molar-refractivity contribution is -0.168. The monoisotopic (exact) mass is 228 g/mol. The van der Waals surface area contributed by atoms with Gasteiger partial charge in [-0.2, -0.15) is 0 Å². The van der Waals surface area contributed by atoms with Crippen molar-refractivity contribution in [1.29, 1.82) is 0 Å². The Balaban J connectivity index is 2.04. The summed E-state index contributed by atoms with van der Waals surface area (Å²) < 4.78 is 11.2. The maximum absolute atomic E-state index is 9.34. The number of aliphatic hydroxyl groups excluding tert-OH is 1. The molecule has 3 heteroatoms. The molecule has 0 saturated carbocycles. The van der Waals surface area contributed by atoms with Crippen molar-refractivity contribution < 1.29 is 14.6 Å². The van der Waals surface area contributed by atoms with Crippen molar-refractivity contribution >= 4 is 0 Å². The molecule has 0 radical (unpaired) electrons. The first-order valence-electron chi connectivity index (χ1n) is 6.26. The first-order chi connectivity index (χ1) is 7.72. The molecule has 1 heterocycles. The summed E-state index contributed by atoms with van der Waals surface area (Å²) in [4.78, 5) is 0. The molecule has 0 spiro atoms. The molecule has 3 atom stereocenters. The Morgan fingerprint density at radius 2 is 2.31 bits per heavy atom. The minimum Gasteiger partial charge on any atom is -0.389 e.